The first-order valence-corrected chi connectivity index (χ1v) is 7.58. The average molecular weight is 277 g/mol. The van der Waals surface area contributed by atoms with Crippen molar-refractivity contribution in [2.24, 2.45) is 11.8 Å². The van der Waals surface area contributed by atoms with Crippen LogP contribution in [0.4, 0.5) is 0 Å². The van der Waals surface area contributed by atoms with Crippen LogP contribution in [0.5, 0.6) is 5.75 Å². The molecule has 1 aromatic rings. The lowest BCUT2D eigenvalue weighted by Crippen LogP contribution is -2.31. The van der Waals surface area contributed by atoms with E-state index in [0.717, 1.165) is 31.4 Å². The van der Waals surface area contributed by atoms with Gasteiger partial charge in [0.15, 0.2) is 0 Å². The Morgan fingerprint density at radius 1 is 1.30 bits per heavy atom. The van der Waals surface area contributed by atoms with E-state index in [1.807, 2.05) is 6.07 Å². The molecule has 0 bridgehead atoms. The molecule has 0 aliphatic heterocycles. The molecule has 0 heterocycles. The zero-order valence-electron chi connectivity index (χ0n) is 12.9. The molecule has 3 heteroatoms. The molecular formula is C17H27NO2. The van der Waals surface area contributed by atoms with Gasteiger partial charge in [0.1, 0.15) is 5.75 Å². The van der Waals surface area contributed by atoms with Crippen molar-refractivity contribution >= 4 is 0 Å². The lowest BCUT2D eigenvalue weighted by atomic mass is 9.88. The predicted octanol–water partition coefficient (Wildman–Crippen LogP) is 2.89. The van der Waals surface area contributed by atoms with Gasteiger partial charge in [0, 0.05) is 19.8 Å². The Bertz CT molecular complexity index is 404. The molecule has 1 N–H and O–H groups in total. The van der Waals surface area contributed by atoms with Crippen molar-refractivity contribution in [3.63, 3.8) is 0 Å². The molecule has 20 heavy (non-hydrogen) atoms. The van der Waals surface area contributed by atoms with Gasteiger partial charge < -0.3 is 14.8 Å². The molecular weight excluding hydrogens is 250 g/mol. The van der Waals surface area contributed by atoms with E-state index in [9.17, 15) is 0 Å². The number of hydrogen-bond donors (Lipinski definition) is 1. The number of hydrogen-bond acceptors (Lipinski definition) is 3. The number of methoxy groups -OCH3 is 2. The van der Waals surface area contributed by atoms with Gasteiger partial charge in [-0.15, -0.1) is 0 Å². The van der Waals surface area contributed by atoms with Crippen LogP contribution in [0.25, 0.3) is 0 Å². The van der Waals surface area contributed by atoms with E-state index in [2.05, 4.69) is 30.4 Å². The minimum atomic E-state index is 0.553. The molecule has 0 aromatic heterocycles. The van der Waals surface area contributed by atoms with Crippen molar-refractivity contribution in [1.29, 1.82) is 0 Å². The van der Waals surface area contributed by atoms with E-state index < -0.39 is 0 Å². The third-order valence-corrected chi connectivity index (χ3v) is 4.11. The molecule has 0 radical (unpaired) electrons. The molecule has 1 aromatic carbocycles. The fraction of sp³-hybridized carbons (Fsp3) is 0.647. The number of ether oxygens (including phenoxy) is 2. The van der Waals surface area contributed by atoms with Crippen LogP contribution in [0.1, 0.15) is 25.3 Å². The summed E-state index contributed by atoms with van der Waals surface area (Å²) in [5.74, 6) is 2.09. The summed E-state index contributed by atoms with van der Waals surface area (Å²) in [6, 6.07) is 9.16. The first kappa shape index (κ1) is 15.3. The van der Waals surface area contributed by atoms with Crippen LogP contribution in [0, 0.1) is 11.8 Å². The summed E-state index contributed by atoms with van der Waals surface area (Å²) in [6.07, 6.45) is 3.75. The zero-order valence-corrected chi connectivity index (χ0v) is 12.9. The van der Waals surface area contributed by atoms with Crippen molar-refractivity contribution in [1.82, 2.24) is 5.32 Å². The van der Waals surface area contributed by atoms with Gasteiger partial charge in [0.2, 0.25) is 0 Å². The number of nitrogens with one attached hydrogen (secondary N) is 1. The van der Waals surface area contributed by atoms with E-state index in [1.54, 1.807) is 14.2 Å². The summed E-state index contributed by atoms with van der Waals surface area (Å²) in [5, 5.41) is 3.66. The topological polar surface area (TPSA) is 30.5 Å². The molecule has 112 valence electrons. The Morgan fingerprint density at radius 2 is 2.10 bits per heavy atom. The van der Waals surface area contributed by atoms with Gasteiger partial charge in [-0.3, -0.25) is 0 Å². The highest BCUT2D eigenvalue weighted by Crippen LogP contribution is 2.23. The summed E-state index contributed by atoms with van der Waals surface area (Å²) < 4.78 is 10.6. The molecule has 1 aliphatic rings. The van der Waals surface area contributed by atoms with E-state index >= 15 is 0 Å². The van der Waals surface area contributed by atoms with Crippen molar-refractivity contribution in [2.45, 2.75) is 32.2 Å². The average Bonchev–Trinajstić information content (AvgIpc) is 3.28. The van der Waals surface area contributed by atoms with Crippen LogP contribution in [0.15, 0.2) is 24.3 Å². The van der Waals surface area contributed by atoms with E-state index in [4.69, 9.17) is 9.47 Å². The zero-order chi connectivity index (χ0) is 14.4. The predicted molar refractivity (Wildman–Crippen MR) is 82.3 cm³/mol. The molecule has 0 spiro atoms. The Labute approximate surface area is 122 Å². The highest BCUT2D eigenvalue weighted by atomic mass is 16.5. The molecule has 1 saturated carbocycles. The largest absolute Gasteiger partial charge is 0.497 e. The van der Waals surface area contributed by atoms with Gasteiger partial charge in [-0.2, -0.15) is 0 Å². The quantitative estimate of drug-likeness (QED) is 0.753. The Balaban J connectivity index is 1.96. The van der Waals surface area contributed by atoms with Crippen molar-refractivity contribution in [3.05, 3.63) is 29.8 Å². The van der Waals surface area contributed by atoms with Gasteiger partial charge in [-0.05, 0) is 55.3 Å². The normalized spacial score (nSPS) is 17.8. The highest BCUT2D eigenvalue weighted by Gasteiger charge is 2.24. The fourth-order valence-corrected chi connectivity index (χ4v) is 2.58. The molecule has 2 atom stereocenters. The second-order valence-electron chi connectivity index (χ2n) is 5.93. The maximum atomic E-state index is 5.34. The van der Waals surface area contributed by atoms with Gasteiger partial charge in [0.25, 0.3) is 0 Å². The van der Waals surface area contributed by atoms with Gasteiger partial charge >= 0.3 is 0 Å². The number of benzene rings is 1. The lowest BCUT2D eigenvalue weighted by Gasteiger charge is -2.24. The summed E-state index contributed by atoms with van der Waals surface area (Å²) in [7, 11) is 3.51. The smallest absolute Gasteiger partial charge is 0.119 e. The molecule has 0 saturated heterocycles. The van der Waals surface area contributed by atoms with E-state index in [-0.39, 0.29) is 0 Å². The highest BCUT2D eigenvalue weighted by molar-refractivity contribution is 5.28. The van der Waals surface area contributed by atoms with Crippen LogP contribution in [-0.4, -0.2) is 33.4 Å². The van der Waals surface area contributed by atoms with Crippen LogP contribution in [-0.2, 0) is 11.2 Å². The van der Waals surface area contributed by atoms with Crippen molar-refractivity contribution in [3.8, 4) is 5.75 Å². The standard InChI is InChI=1S/C17H27NO2/c1-13(12-19-2)15(11-18-16-7-8-16)9-14-5-4-6-17(10-14)20-3/h4-6,10,13,15-16,18H,7-9,11-12H2,1-3H3. The third-order valence-electron chi connectivity index (χ3n) is 4.11. The second-order valence-corrected chi connectivity index (χ2v) is 5.93. The maximum Gasteiger partial charge on any atom is 0.119 e. The summed E-state index contributed by atoms with van der Waals surface area (Å²) in [5.41, 5.74) is 1.34. The third kappa shape index (κ3) is 4.80. The van der Waals surface area contributed by atoms with Crippen LogP contribution < -0.4 is 10.1 Å². The summed E-state index contributed by atoms with van der Waals surface area (Å²) >= 11 is 0. The van der Waals surface area contributed by atoms with Gasteiger partial charge in [-0.25, -0.2) is 0 Å². The molecule has 1 fully saturated rings. The van der Waals surface area contributed by atoms with Gasteiger partial charge in [0.05, 0.1) is 7.11 Å². The Kier molecular flexibility index (Phi) is 5.86. The molecule has 1 aliphatic carbocycles. The van der Waals surface area contributed by atoms with Crippen LogP contribution in [0.3, 0.4) is 0 Å². The van der Waals surface area contributed by atoms with E-state index in [0.29, 0.717) is 11.8 Å². The molecule has 3 nitrogen and oxygen atoms in total. The first-order valence-electron chi connectivity index (χ1n) is 7.58. The minimum Gasteiger partial charge on any atom is -0.497 e. The van der Waals surface area contributed by atoms with Gasteiger partial charge in [-0.1, -0.05) is 19.1 Å². The summed E-state index contributed by atoms with van der Waals surface area (Å²) in [4.78, 5) is 0. The first-order chi connectivity index (χ1) is 9.72. The Hall–Kier alpha value is -1.06. The van der Waals surface area contributed by atoms with Crippen LogP contribution in [0.2, 0.25) is 0 Å². The molecule has 2 rings (SSSR count). The van der Waals surface area contributed by atoms with Crippen molar-refractivity contribution in [2.75, 3.05) is 27.4 Å². The Morgan fingerprint density at radius 3 is 2.75 bits per heavy atom. The fourth-order valence-electron chi connectivity index (χ4n) is 2.58. The summed E-state index contributed by atoms with van der Waals surface area (Å²) in [6.45, 7) is 4.18. The van der Waals surface area contributed by atoms with Crippen molar-refractivity contribution < 1.29 is 9.47 Å². The molecule has 0 amide bonds. The lowest BCUT2D eigenvalue weighted by molar-refractivity contribution is 0.128. The molecule has 2 unspecified atom stereocenters. The number of rotatable bonds is 9. The van der Waals surface area contributed by atoms with E-state index in [1.165, 1.54) is 18.4 Å². The maximum absolute atomic E-state index is 5.34. The monoisotopic (exact) mass is 277 g/mol. The second kappa shape index (κ2) is 7.65. The van der Waals surface area contributed by atoms with Crippen LogP contribution >= 0.6 is 0 Å². The minimum absolute atomic E-state index is 0.553. The SMILES string of the molecule is COCC(C)C(CNC1CC1)Cc1cccc(OC)c1.